The SMILES string of the molecule is Brc1ccc2c(c1)O[C]CO2. The first kappa shape index (κ1) is 6.98. The fourth-order valence-electron chi connectivity index (χ4n) is 0.895. The predicted molar refractivity (Wildman–Crippen MR) is 43.5 cm³/mol. The lowest BCUT2D eigenvalue weighted by Gasteiger charge is -2.16. The van der Waals surface area contributed by atoms with E-state index in [1.165, 1.54) is 0 Å². The highest BCUT2D eigenvalue weighted by molar-refractivity contribution is 9.10. The molecule has 1 heterocycles. The summed E-state index contributed by atoms with van der Waals surface area (Å²) in [5.41, 5.74) is 0. The van der Waals surface area contributed by atoms with E-state index in [1.807, 2.05) is 18.2 Å². The van der Waals surface area contributed by atoms with Gasteiger partial charge in [0.25, 0.3) is 0 Å². The average molecular weight is 213 g/mol. The van der Waals surface area contributed by atoms with Gasteiger partial charge in [-0.1, -0.05) is 15.9 Å². The molecular formula is C8H5BrO2. The quantitative estimate of drug-likeness (QED) is 0.657. The van der Waals surface area contributed by atoms with E-state index < -0.39 is 0 Å². The molecule has 2 radical (unpaired) electrons. The van der Waals surface area contributed by atoms with Gasteiger partial charge in [0.2, 0.25) is 6.61 Å². The maximum atomic E-state index is 5.22. The number of hydrogen-bond acceptors (Lipinski definition) is 2. The molecule has 0 saturated carbocycles. The third kappa shape index (κ3) is 1.33. The van der Waals surface area contributed by atoms with E-state index in [0.29, 0.717) is 12.4 Å². The molecule has 1 aliphatic heterocycles. The molecule has 0 unspecified atom stereocenters. The van der Waals surface area contributed by atoms with Crippen molar-refractivity contribution >= 4 is 15.9 Å². The Labute approximate surface area is 73.3 Å². The lowest BCUT2D eigenvalue weighted by Crippen LogP contribution is -2.09. The Bertz CT molecular complexity index is 273. The Hall–Kier alpha value is -0.700. The van der Waals surface area contributed by atoms with Gasteiger partial charge >= 0.3 is 0 Å². The van der Waals surface area contributed by atoms with Gasteiger partial charge in [0.1, 0.15) is 6.61 Å². The summed E-state index contributed by atoms with van der Waals surface area (Å²) in [6.07, 6.45) is 0. The van der Waals surface area contributed by atoms with Crippen LogP contribution in [0, 0.1) is 6.61 Å². The lowest BCUT2D eigenvalue weighted by atomic mass is 10.3. The summed E-state index contributed by atoms with van der Waals surface area (Å²) in [5.74, 6) is 1.48. The second-order valence-electron chi connectivity index (χ2n) is 2.13. The van der Waals surface area contributed by atoms with Crippen LogP contribution in [0.3, 0.4) is 0 Å². The molecule has 1 aromatic carbocycles. The summed E-state index contributed by atoms with van der Waals surface area (Å²) in [7, 11) is 0. The van der Waals surface area contributed by atoms with Gasteiger partial charge in [-0.05, 0) is 18.2 Å². The van der Waals surface area contributed by atoms with Crippen molar-refractivity contribution in [3.8, 4) is 11.5 Å². The van der Waals surface area contributed by atoms with Gasteiger partial charge in [0, 0.05) is 4.47 Å². The van der Waals surface area contributed by atoms with Crippen molar-refractivity contribution in [3.05, 3.63) is 29.3 Å². The monoisotopic (exact) mass is 212 g/mol. The standard InChI is InChI=1S/C8H5BrO2/c9-6-1-2-7-8(5-6)11-4-3-10-7/h1-2,5H,3H2. The van der Waals surface area contributed by atoms with Crippen molar-refractivity contribution in [2.24, 2.45) is 0 Å². The molecule has 0 spiro atoms. The fourth-order valence-corrected chi connectivity index (χ4v) is 1.24. The summed E-state index contributed by atoms with van der Waals surface area (Å²) < 4.78 is 11.3. The van der Waals surface area contributed by atoms with Crippen molar-refractivity contribution in [3.63, 3.8) is 0 Å². The predicted octanol–water partition coefficient (Wildman–Crippen LogP) is 2.26. The van der Waals surface area contributed by atoms with Crippen LogP contribution in [-0.4, -0.2) is 6.61 Å². The van der Waals surface area contributed by atoms with E-state index in [2.05, 4.69) is 22.5 Å². The molecule has 11 heavy (non-hydrogen) atoms. The molecule has 2 rings (SSSR count). The van der Waals surface area contributed by atoms with Crippen molar-refractivity contribution in [1.29, 1.82) is 0 Å². The average Bonchev–Trinajstić information content (AvgIpc) is 2.04. The number of rotatable bonds is 0. The van der Waals surface area contributed by atoms with Crippen LogP contribution in [-0.2, 0) is 0 Å². The van der Waals surface area contributed by atoms with Crippen molar-refractivity contribution in [2.75, 3.05) is 6.61 Å². The maximum absolute atomic E-state index is 5.22. The largest absolute Gasteiger partial charge is 0.485 e. The van der Waals surface area contributed by atoms with Crippen LogP contribution in [0.25, 0.3) is 0 Å². The van der Waals surface area contributed by atoms with Gasteiger partial charge in [0.15, 0.2) is 11.5 Å². The van der Waals surface area contributed by atoms with Gasteiger partial charge in [-0.3, -0.25) is 0 Å². The van der Waals surface area contributed by atoms with Crippen molar-refractivity contribution in [2.45, 2.75) is 0 Å². The highest BCUT2D eigenvalue weighted by Crippen LogP contribution is 2.33. The third-order valence-electron chi connectivity index (χ3n) is 1.37. The van der Waals surface area contributed by atoms with E-state index >= 15 is 0 Å². The Morgan fingerprint density at radius 3 is 3.18 bits per heavy atom. The molecule has 1 aliphatic rings. The number of ether oxygens (including phenoxy) is 2. The van der Waals surface area contributed by atoms with Crippen LogP contribution in [0.4, 0.5) is 0 Å². The van der Waals surface area contributed by atoms with E-state index in [-0.39, 0.29) is 0 Å². The van der Waals surface area contributed by atoms with Crippen LogP contribution >= 0.6 is 15.9 Å². The second-order valence-corrected chi connectivity index (χ2v) is 3.04. The molecular weight excluding hydrogens is 208 g/mol. The molecule has 0 amide bonds. The van der Waals surface area contributed by atoms with Crippen molar-refractivity contribution < 1.29 is 9.47 Å². The highest BCUT2D eigenvalue weighted by Gasteiger charge is 2.11. The minimum Gasteiger partial charge on any atom is -0.485 e. The molecule has 0 saturated heterocycles. The highest BCUT2D eigenvalue weighted by atomic mass is 79.9. The zero-order chi connectivity index (χ0) is 7.68. The fraction of sp³-hybridized carbons (Fsp3) is 0.125. The van der Waals surface area contributed by atoms with Gasteiger partial charge in [0.05, 0.1) is 0 Å². The molecule has 2 nitrogen and oxygen atoms in total. The van der Waals surface area contributed by atoms with Crippen LogP contribution in [0.5, 0.6) is 11.5 Å². The topological polar surface area (TPSA) is 18.5 Å². The Morgan fingerprint density at radius 1 is 1.36 bits per heavy atom. The lowest BCUT2D eigenvalue weighted by molar-refractivity contribution is 0.223. The molecule has 1 aromatic rings. The summed E-state index contributed by atoms with van der Waals surface area (Å²) >= 11 is 3.33. The van der Waals surface area contributed by atoms with Gasteiger partial charge in [-0.2, -0.15) is 0 Å². The van der Waals surface area contributed by atoms with E-state index in [0.717, 1.165) is 10.2 Å². The molecule has 0 N–H and O–H groups in total. The van der Waals surface area contributed by atoms with Crippen LogP contribution in [0.2, 0.25) is 0 Å². The zero-order valence-corrected chi connectivity index (χ0v) is 7.22. The van der Waals surface area contributed by atoms with Crippen LogP contribution in [0.1, 0.15) is 0 Å². The first-order valence-electron chi connectivity index (χ1n) is 3.18. The summed E-state index contributed by atoms with van der Waals surface area (Å²) in [5, 5.41) is 0. The van der Waals surface area contributed by atoms with E-state index in [1.54, 1.807) is 0 Å². The first-order valence-corrected chi connectivity index (χ1v) is 3.97. The van der Waals surface area contributed by atoms with Crippen molar-refractivity contribution in [1.82, 2.24) is 0 Å². The third-order valence-corrected chi connectivity index (χ3v) is 1.87. The number of hydrogen-bond donors (Lipinski definition) is 0. The Morgan fingerprint density at radius 2 is 2.27 bits per heavy atom. The van der Waals surface area contributed by atoms with Crippen LogP contribution < -0.4 is 9.47 Å². The normalized spacial score (nSPS) is 14.6. The van der Waals surface area contributed by atoms with Gasteiger partial charge < -0.3 is 9.47 Å². The summed E-state index contributed by atoms with van der Waals surface area (Å²) in [4.78, 5) is 0. The Kier molecular flexibility index (Phi) is 1.74. The van der Waals surface area contributed by atoms with Crippen LogP contribution in [0.15, 0.2) is 22.7 Å². The minimum absolute atomic E-state index is 0.397. The number of fused-ring (bicyclic) bond motifs is 1. The number of halogens is 1. The maximum Gasteiger partial charge on any atom is 0.237 e. The number of benzene rings is 1. The molecule has 3 heteroatoms. The zero-order valence-electron chi connectivity index (χ0n) is 5.63. The first-order chi connectivity index (χ1) is 5.36. The molecule has 56 valence electrons. The molecule has 0 fully saturated rings. The summed E-state index contributed by atoms with van der Waals surface area (Å²) in [6, 6.07) is 5.62. The molecule has 0 atom stereocenters. The smallest absolute Gasteiger partial charge is 0.237 e. The minimum atomic E-state index is 0.397. The molecule has 0 bridgehead atoms. The second kappa shape index (κ2) is 2.74. The Balaban J connectivity index is 2.43. The van der Waals surface area contributed by atoms with Gasteiger partial charge in [-0.15, -0.1) is 0 Å². The molecule has 0 aliphatic carbocycles. The molecule has 0 aromatic heterocycles. The van der Waals surface area contributed by atoms with E-state index in [4.69, 9.17) is 9.47 Å². The van der Waals surface area contributed by atoms with Gasteiger partial charge in [-0.25, -0.2) is 0 Å². The summed E-state index contributed by atoms with van der Waals surface area (Å²) in [6.45, 7) is 3.02. The van der Waals surface area contributed by atoms with E-state index in [9.17, 15) is 0 Å².